The summed E-state index contributed by atoms with van der Waals surface area (Å²) in [5.74, 6) is 1.23. The Morgan fingerprint density at radius 3 is 2.57 bits per heavy atom. The lowest BCUT2D eigenvalue weighted by Crippen LogP contribution is -2.34. The zero-order valence-corrected chi connectivity index (χ0v) is 13.8. The minimum absolute atomic E-state index is 0.114. The van der Waals surface area contributed by atoms with Crippen LogP contribution >= 0.6 is 11.6 Å². The van der Waals surface area contributed by atoms with Gasteiger partial charge in [0, 0.05) is 16.8 Å². The molecule has 1 aliphatic rings. The fourth-order valence-electron chi connectivity index (χ4n) is 2.42. The van der Waals surface area contributed by atoms with Crippen LogP contribution in [0.2, 0.25) is 5.02 Å². The topological polar surface area (TPSA) is 47.6 Å². The molecule has 0 atom stereocenters. The third-order valence-electron chi connectivity index (χ3n) is 3.91. The molecule has 2 aromatic rings. The van der Waals surface area contributed by atoms with Crippen LogP contribution in [-0.4, -0.2) is 19.1 Å². The van der Waals surface area contributed by atoms with Crippen molar-refractivity contribution in [3.05, 3.63) is 53.1 Å². The smallest absolute Gasteiger partial charge is 0.234 e. The molecule has 1 heterocycles. The largest absolute Gasteiger partial charge is 0.486 e. The third-order valence-corrected chi connectivity index (χ3v) is 4.15. The molecule has 0 aliphatic carbocycles. The summed E-state index contributed by atoms with van der Waals surface area (Å²) in [6.45, 7) is 4.79. The van der Waals surface area contributed by atoms with E-state index >= 15 is 0 Å². The number of amides is 1. The van der Waals surface area contributed by atoms with E-state index in [2.05, 4.69) is 5.32 Å². The van der Waals surface area contributed by atoms with Gasteiger partial charge in [-0.3, -0.25) is 4.79 Å². The molecular formula is C18H18ClNO3. The van der Waals surface area contributed by atoms with Gasteiger partial charge in [0.05, 0.1) is 5.41 Å². The molecule has 0 spiro atoms. The predicted octanol–water partition coefficient (Wildman–Crippen LogP) is 4.03. The molecule has 0 saturated heterocycles. The van der Waals surface area contributed by atoms with E-state index in [0.717, 1.165) is 5.56 Å². The van der Waals surface area contributed by atoms with Gasteiger partial charge in [0.2, 0.25) is 5.91 Å². The lowest BCUT2D eigenvalue weighted by Gasteiger charge is -2.25. The molecule has 1 N–H and O–H groups in total. The Bertz CT molecular complexity index is 743. The number of nitrogens with one attached hydrogen (secondary N) is 1. The van der Waals surface area contributed by atoms with Crippen LogP contribution in [0.25, 0.3) is 0 Å². The van der Waals surface area contributed by atoms with Crippen molar-refractivity contribution in [1.29, 1.82) is 0 Å². The van der Waals surface area contributed by atoms with Crippen LogP contribution in [0.5, 0.6) is 11.5 Å². The van der Waals surface area contributed by atoms with E-state index in [1.54, 1.807) is 24.3 Å². The number of ether oxygens (including phenoxy) is 2. The molecule has 23 heavy (non-hydrogen) atoms. The first-order valence-electron chi connectivity index (χ1n) is 7.44. The molecule has 0 aromatic heterocycles. The van der Waals surface area contributed by atoms with Crippen LogP contribution in [0, 0.1) is 0 Å². The maximum absolute atomic E-state index is 12.7. The first kappa shape index (κ1) is 15.7. The molecule has 120 valence electrons. The molecule has 0 fully saturated rings. The highest BCUT2D eigenvalue weighted by atomic mass is 35.5. The molecule has 0 radical (unpaired) electrons. The second-order valence-corrected chi connectivity index (χ2v) is 6.38. The molecule has 0 saturated carbocycles. The van der Waals surface area contributed by atoms with Crippen molar-refractivity contribution in [1.82, 2.24) is 0 Å². The number of anilines is 1. The van der Waals surface area contributed by atoms with Crippen LogP contribution in [0.15, 0.2) is 42.5 Å². The van der Waals surface area contributed by atoms with Gasteiger partial charge < -0.3 is 14.8 Å². The van der Waals surface area contributed by atoms with Crippen molar-refractivity contribution in [3.8, 4) is 11.5 Å². The summed E-state index contributed by atoms with van der Waals surface area (Å²) in [5.41, 5.74) is 0.826. The number of benzene rings is 2. The molecule has 0 bridgehead atoms. The van der Waals surface area contributed by atoms with Crippen molar-refractivity contribution in [2.45, 2.75) is 19.3 Å². The van der Waals surface area contributed by atoms with Crippen LogP contribution in [-0.2, 0) is 10.2 Å². The van der Waals surface area contributed by atoms with Gasteiger partial charge in [-0.2, -0.15) is 0 Å². The standard InChI is InChI=1S/C18H18ClNO3/c1-18(2,12-4-3-5-13(19)10-12)17(21)20-14-6-7-15-16(11-14)23-9-8-22-15/h3-7,10-11H,8-9H2,1-2H3,(H,20,21). The zero-order valence-electron chi connectivity index (χ0n) is 13.1. The van der Waals surface area contributed by atoms with Gasteiger partial charge in [0.1, 0.15) is 13.2 Å². The summed E-state index contributed by atoms with van der Waals surface area (Å²) in [6.07, 6.45) is 0. The minimum atomic E-state index is -0.710. The molecule has 1 amide bonds. The first-order valence-corrected chi connectivity index (χ1v) is 7.82. The second-order valence-electron chi connectivity index (χ2n) is 5.95. The van der Waals surface area contributed by atoms with E-state index in [0.29, 0.717) is 35.4 Å². The fourth-order valence-corrected chi connectivity index (χ4v) is 2.61. The Labute approximate surface area is 140 Å². The van der Waals surface area contributed by atoms with Crippen LogP contribution < -0.4 is 14.8 Å². The number of fused-ring (bicyclic) bond motifs is 1. The molecular weight excluding hydrogens is 314 g/mol. The van der Waals surface area contributed by atoms with Crippen LogP contribution in [0.3, 0.4) is 0 Å². The Balaban J connectivity index is 1.80. The summed E-state index contributed by atoms with van der Waals surface area (Å²) < 4.78 is 11.0. The number of halogens is 1. The maximum Gasteiger partial charge on any atom is 0.234 e. The van der Waals surface area contributed by atoms with Crippen molar-refractivity contribution in [3.63, 3.8) is 0 Å². The minimum Gasteiger partial charge on any atom is -0.486 e. The van der Waals surface area contributed by atoms with E-state index in [1.807, 2.05) is 32.0 Å². The first-order chi connectivity index (χ1) is 11.0. The van der Waals surface area contributed by atoms with Gasteiger partial charge >= 0.3 is 0 Å². The number of carbonyl (C=O) groups is 1. The van der Waals surface area contributed by atoms with Crippen LogP contribution in [0.1, 0.15) is 19.4 Å². The highest BCUT2D eigenvalue weighted by Crippen LogP contribution is 2.33. The Hall–Kier alpha value is -2.20. The SMILES string of the molecule is CC(C)(C(=O)Nc1ccc2c(c1)OCCO2)c1cccc(Cl)c1. The van der Waals surface area contributed by atoms with E-state index in [1.165, 1.54) is 0 Å². The fraction of sp³-hybridized carbons (Fsp3) is 0.278. The lowest BCUT2D eigenvalue weighted by molar-refractivity contribution is -0.120. The van der Waals surface area contributed by atoms with Crippen molar-refractivity contribution < 1.29 is 14.3 Å². The molecule has 4 nitrogen and oxygen atoms in total. The van der Waals surface area contributed by atoms with E-state index in [9.17, 15) is 4.79 Å². The van der Waals surface area contributed by atoms with Crippen molar-refractivity contribution in [2.75, 3.05) is 18.5 Å². The number of rotatable bonds is 3. The summed E-state index contributed by atoms with van der Waals surface area (Å²) in [6, 6.07) is 12.7. The van der Waals surface area contributed by atoms with Crippen molar-refractivity contribution in [2.24, 2.45) is 0 Å². The highest BCUT2D eigenvalue weighted by Gasteiger charge is 2.30. The quantitative estimate of drug-likeness (QED) is 0.923. The average Bonchev–Trinajstić information content (AvgIpc) is 2.54. The summed E-state index contributed by atoms with van der Waals surface area (Å²) in [5, 5.41) is 3.55. The zero-order chi connectivity index (χ0) is 16.4. The van der Waals surface area contributed by atoms with Crippen LogP contribution in [0.4, 0.5) is 5.69 Å². The predicted molar refractivity (Wildman–Crippen MR) is 90.5 cm³/mol. The maximum atomic E-state index is 12.7. The summed E-state index contributed by atoms with van der Waals surface area (Å²) >= 11 is 6.03. The third kappa shape index (κ3) is 3.27. The highest BCUT2D eigenvalue weighted by molar-refractivity contribution is 6.30. The number of hydrogen-bond acceptors (Lipinski definition) is 3. The molecule has 0 unspecified atom stereocenters. The molecule has 3 rings (SSSR count). The monoisotopic (exact) mass is 331 g/mol. The van der Waals surface area contributed by atoms with Gasteiger partial charge in [-0.05, 0) is 43.7 Å². The Morgan fingerprint density at radius 1 is 1.09 bits per heavy atom. The Kier molecular flexibility index (Phi) is 4.18. The molecule has 5 heteroatoms. The van der Waals surface area contributed by atoms with Gasteiger partial charge in [-0.15, -0.1) is 0 Å². The normalized spacial score (nSPS) is 13.5. The Morgan fingerprint density at radius 2 is 1.83 bits per heavy atom. The molecule has 2 aromatic carbocycles. The summed E-state index contributed by atoms with van der Waals surface area (Å²) in [4.78, 5) is 12.7. The van der Waals surface area contributed by atoms with Crippen molar-refractivity contribution >= 4 is 23.2 Å². The van der Waals surface area contributed by atoms with Gasteiger partial charge in [-0.25, -0.2) is 0 Å². The van der Waals surface area contributed by atoms with Gasteiger partial charge in [-0.1, -0.05) is 23.7 Å². The van der Waals surface area contributed by atoms with E-state index in [4.69, 9.17) is 21.1 Å². The number of carbonyl (C=O) groups excluding carboxylic acids is 1. The van der Waals surface area contributed by atoms with Gasteiger partial charge in [0.15, 0.2) is 11.5 Å². The molecule has 1 aliphatic heterocycles. The number of hydrogen-bond donors (Lipinski definition) is 1. The average molecular weight is 332 g/mol. The second kappa shape index (κ2) is 6.13. The summed E-state index contributed by atoms with van der Waals surface area (Å²) in [7, 11) is 0. The van der Waals surface area contributed by atoms with Gasteiger partial charge in [0.25, 0.3) is 0 Å². The van der Waals surface area contributed by atoms with E-state index < -0.39 is 5.41 Å². The van der Waals surface area contributed by atoms with E-state index in [-0.39, 0.29) is 5.91 Å². The lowest BCUT2D eigenvalue weighted by atomic mass is 9.83.